The van der Waals surface area contributed by atoms with Crippen molar-refractivity contribution < 1.29 is 9.90 Å². The zero-order valence-electron chi connectivity index (χ0n) is 9.47. The second-order valence-corrected chi connectivity index (χ2v) is 3.96. The zero-order valence-corrected chi connectivity index (χ0v) is 9.47. The van der Waals surface area contributed by atoms with Crippen LogP contribution in [0.25, 0.3) is 11.1 Å². The Morgan fingerprint density at radius 2 is 1.82 bits per heavy atom. The van der Waals surface area contributed by atoms with Crippen LogP contribution in [0.4, 0.5) is 5.69 Å². The fraction of sp³-hybridized carbons (Fsp3) is 0.0714. The molecule has 3 heteroatoms. The Morgan fingerprint density at radius 3 is 2.47 bits per heavy atom. The van der Waals surface area contributed by atoms with E-state index in [0.29, 0.717) is 5.69 Å². The van der Waals surface area contributed by atoms with E-state index in [2.05, 4.69) is 0 Å². The monoisotopic (exact) mass is 227 g/mol. The van der Waals surface area contributed by atoms with Gasteiger partial charge in [-0.1, -0.05) is 24.3 Å². The first-order valence-corrected chi connectivity index (χ1v) is 5.28. The number of rotatable bonds is 2. The van der Waals surface area contributed by atoms with Gasteiger partial charge < -0.3 is 10.8 Å². The van der Waals surface area contributed by atoms with Gasteiger partial charge in [-0.05, 0) is 41.8 Å². The molecule has 0 spiro atoms. The summed E-state index contributed by atoms with van der Waals surface area (Å²) in [5, 5.41) is 8.93. The summed E-state index contributed by atoms with van der Waals surface area (Å²) in [5.74, 6) is -0.924. The zero-order chi connectivity index (χ0) is 12.4. The minimum absolute atomic E-state index is 0.279. The number of nitrogen functional groups attached to an aromatic ring is 1. The standard InChI is InChI=1S/C14H13NO2/c1-9-5-6-11(8-13(9)15)10-3-2-4-12(7-10)14(16)17/h2-8H,15H2,1H3,(H,16,17). The Bertz CT molecular complexity index is 576. The van der Waals surface area contributed by atoms with Crippen molar-refractivity contribution in [1.29, 1.82) is 0 Å². The molecule has 0 bridgehead atoms. The van der Waals surface area contributed by atoms with E-state index in [1.807, 2.05) is 31.2 Å². The van der Waals surface area contributed by atoms with Gasteiger partial charge >= 0.3 is 5.97 Å². The van der Waals surface area contributed by atoms with Gasteiger partial charge in [0.25, 0.3) is 0 Å². The molecular weight excluding hydrogens is 214 g/mol. The van der Waals surface area contributed by atoms with Gasteiger partial charge in [-0.15, -0.1) is 0 Å². The SMILES string of the molecule is Cc1ccc(-c2cccc(C(=O)O)c2)cc1N. The summed E-state index contributed by atoms with van der Waals surface area (Å²) in [4.78, 5) is 10.9. The molecule has 0 fully saturated rings. The number of carboxylic acid groups (broad SMARTS) is 1. The summed E-state index contributed by atoms with van der Waals surface area (Å²) < 4.78 is 0. The van der Waals surface area contributed by atoms with Crippen LogP contribution in [0.1, 0.15) is 15.9 Å². The summed E-state index contributed by atoms with van der Waals surface area (Å²) in [7, 11) is 0. The van der Waals surface area contributed by atoms with Gasteiger partial charge in [-0.2, -0.15) is 0 Å². The molecule has 0 aliphatic heterocycles. The van der Waals surface area contributed by atoms with Gasteiger partial charge in [0.1, 0.15) is 0 Å². The molecule has 86 valence electrons. The summed E-state index contributed by atoms with van der Waals surface area (Å²) in [6.07, 6.45) is 0. The van der Waals surface area contributed by atoms with E-state index in [1.165, 1.54) is 0 Å². The van der Waals surface area contributed by atoms with Crippen LogP contribution in [0.5, 0.6) is 0 Å². The van der Waals surface area contributed by atoms with Crippen molar-refractivity contribution in [2.75, 3.05) is 5.73 Å². The topological polar surface area (TPSA) is 63.3 Å². The predicted molar refractivity (Wildman–Crippen MR) is 68.0 cm³/mol. The summed E-state index contributed by atoms with van der Waals surface area (Å²) in [6, 6.07) is 12.5. The van der Waals surface area contributed by atoms with E-state index >= 15 is 0 Å². The van der Waals surface area contributed by atoms with Crippen molar-refractivity contribution in [3.8, 4) is 11.1 Å². The van der Waals surface area contributed by atoms with E-state index in [1.54, 1.807) is 18.2 Å². The first-order valence-electron chi connectivity index (χ1n) is 5.28. The van der Waals surface area contributed by atoms with Gasteiger partial charge in [0.2, 0.25) is 0 Å². The van der Waals surface area contributed by atoms with Crippen LogP contribution < -0.4 is 5.73 Å². The van der Waals surface area contributed by atoms with Crippen LogP contribution in [-0.4, -0.2) is 11.1 Å². The Hall–Kier alpha value is -2.29. The highest BCUT2D eigenvalue weighted by atomic mass is 16.4. The van der Waals surface area contributed by atoms with Crippen molar-refractivity contribution in [3.63, 3.8) is 0 Å². The molecule has 0 aliphatic carbocycles. The van der Waals surface area contributed by atoms with Crippen LogP contribution in [-0.2, 0) is 0 Å². The van der Waals surface area contributed by atoms with Gasteiger partial charge in [0.05, 0.1) is 5.56 Å². The van der Waals surface area contributed by atoms with Crippen LogP contribution >= 0.6 is 0 Å². The number of anilines is 1. The Kier molecular flexibility index (Phi) is 2.83. The molecule has 2 rings (SSSR count). The molecule has 0 atom stereocenters. The van der Waals surface area contributed by atoms with E-state index in [9.17, 15) is 4.79 Å². The quantitative estimate of drug-likeness (QED) is 0.775. The number of aryl methyl sites for hydroxylation is 1. The maximum atomic E-state index is 10.9. The number of carbonyl (C=O) groups is 1. The molecular formula is C14H13NO2. The van der Waals surface area contributed by atoms with Crippen molar-refractivity contribution in [1.82, 2.24) is 0 Å². The molecule has 0 aromatic heterocycles. The van der Waals surface area contributed by atoms with Gasteiger partial charge in [-0.3, -0.25) is 0 Å². The number of hydrogen-bond donors (Lipinski definition) is 2. The largest absolute Gasteiger partial charge is 0.478 e. The second-order valence-electron chi connectivity index (χ2n) is 3.96. The first-order chi connectivity index (χ1) is 8.08. The van der Waals surface area contributed by atoms with Gasteiger partial charge in [0.15, 0.2) is 0 Å². The van der Waals surface area contributed by atoms with Gasteiger partial charge in [0, 0.05) is 5.69 Å². The number of aromatic carboxylic acids is 1. The summed E-state index contributed by atoms with van der Waals surface area (Å²) in [6.45, 7) is 1.94. The minimum atomic E-state index is -0.924. The van der Waals surface area contributed by atoms with Crippen LogP contribution in [0, 0.1) is 6.92 Å². The number of nitrogens with two attached hydrogens (primary N) is 1. The lowest BCUT2D eigenvalue weighted by atomic mass is 10.0. The molecule has 3 nitrogen and oxygen atoms in total. The molecule has 2 aromatic carbocycles. The molecule has 17 heavy (non-hydrogen) atoms. The molecule has 0 unspecified atom stereocenters. The van der Waals surface area contributed by atoms with Gasteiger partial charge in [-0.25, -0.2) is 4.79 Å². The molecule has 2 aromatic rings. The molecule has 3 N–H and O–H groups in total. The highest BCUT2D eigenvalue weighted by Gasteiger charge is 2.05. The maximum absolute atomic E-state index is 10.9. The number of hydrogen-bond acceptors (Lipinski definition) is 2. The minimum Gasteiger partial charge on any atom is -0.478 e. The van der Waals surface area contributed by atoms with Crippen LogP contribution in [0.2, 0.25) is 0 Å². The number of benzene rings is 2. The molecule has 0 saturated carbocycles. The molecule has 0 heterocycles. The first kappa shape index (κ1) is 11.2. The van der Waals surface area contributed by atoms with Crippen molar-refractivity contribution >= 4 is 11.7 Å². The van der Waals surface area contributed by atoms with E-state index in [0.717, 1.165) is 16.7 Å². The highest BCUT2D eigenvalue weighted by Crippen LogP contribution is 2.24. The van der Waals surface area contributed by atoms with Crippen molar-refractivity contribution in [2.45, 2.75) is 6.92 Å². The second kappa shape index (κ2) is 4.29. The maximum Gasteiger partial charge on any atom is 0.335 e. The van der Waals surface area contributed by atoms with Crippen molar-refractivity contribution in [3.05, 3.63) is 53.6 Å². The fourth-order valence-corrected chi connectivity index (χ4v) is 1.65. The third-order valence-corrected chi connectivity index (χ3v) is 2.72. The average molecular weight is 227 g/mol. The Morgan fingerprint density at radius 1 is 1.12 bits per heavy atom. The van der Waals surface area contributed by atoms with Crippen LogP contribution in [0.3, 0.4) is 0 Å². The van der Waals surface area contributed by atoms with E-state index in [4.69, 9.17) is 10.8 Å². The lowest BCUT2D eigenvalue weighted by Crippen LogP contribution is -1.96. The molecule has 0 radical (unpaired) electrons. The Balaban J connectivity index is 2.49. The predicted octanol–water partition coefficient (Wildman–Crippen LogP) is 2.94. The molecule has 0 saturated heterocycles. The third-order valence-electron chi connectivity index (χ3n) is 2.72. The Labute approximate surface area is 99.5 Å². The average Bonchev–Trinajstić information content (AvgIpc) is 2.33. The van der Waals surface area contributed by atoms with E-state index in [-0.39, 0.29) is 5.56 Å². The third kappa shape index (κ3) is 2.28. The molecule has 0 amide bonds. The highest BCUT2D eigenvalue weighted by molar-refractivity contribution is 5.89. The lowest BCUT2D eigenvalue weighted by molar-refractivity contribution is 0.0697. The van der Waals surface area contributed by atoms with Crippen molar-refractivity contribution in [2.24, 2.45) is 0 Å². The summed E-state index contributed by atoms with van der Waals surface area (Å²) >= 11 is 0. The normalized spacial score (nSPS) is 10.2. The van der Waals surface area contributed by atoms with E-state index < -0.39 is 5.97 Å². The fourth-order valence-electron chi connectivity index (χ4n) is 1.65. The lowest BCUT2D eigenvalue weighted by Gasteiger charge is -2.06. The van der Waals surface area contributed by atoms with Crippen LogP contribution in [0.15, 0.2) is 42.5 Å². The smallest absolute Gasteiger partial charge is 0.335 e. The number of carboxylic acids is 1. The summed E-state index contributed by atoms with van der Waals surface area (Å²) in [5.41, 5.74) is 9.63. The molecule has 0 aliphatic rings.